The average molecular weight is 257 g/mol. The van der Waals surface area contributed by atoms with E-state index in [0.717, 1.165) is 6.42 Å². The van der Waals surface area contributed by atoms with Gasteiger partial charge >= 0.3 is 11.9 Å². The first-order chi connectivity index (χ1) is 7.95. The molecule has 0 aromatic heterocycles. The SMILES string of the molecule is CCCc1cc(C(=O)O)cc(Cl)c1CC(=O)O. The topological polar surface area (TPSA) is 74.6 Å². The van der Waals surface area contributed by atoms with E-state index in [1.165, 1.54) is 12.1 Å². The Morgan fingerprint density at radius 1 is 1.29 bits per heavy atom. The van der Waals surface area contributed by atoms with Crippen molar-refractivity contribution in [1.82, 2.24) is 0 Å². The Bertz CT molecular complexity index is 454. The molecule has 17 heavy (non-hydrogen) atoms. The third-order valence-electron chi connectivity index (χ3n) is 2.38. The van der Waals surface area contributed by atoms with Crippen LogP contribution in [0, 0.1) is 0 Å². The fourth-order valence-electron chi connectivity index (χ4n) is 1.66. The zero-order valence-corrected chi connectivity index (χ0v) is 10.1. The summed E-state index contributed by atoms with van der Waals surface area (Å²) >= 11 is 5.93. The van der Waals surface area contributed by atoms with Gasteiger partial charge in [0.05, 0.1) is 12.0 Å². The number of aromatic carboxylic acids is 1. The zero-order chi connectivity index (χ0) is 13.0. The smallest absolute Gasteiger partial charge is 0.335 e. The van der Waals surface area contributed by atoms with E-state index in [1.807, 2.05) is 6.92 Å². The van der Waals surface area contributed by atoms with Crippen LogP contribution in [0.5, 0.6) is 0 Å². The Morgan fingerprint density at radius 3 is 2.41 bits per heavy atom. The van der Waals surface area contributed by atoms with Gasteiger partial charge in [-0.15, -0.1) is 0 Å². The summed E-state index contributed by atoms with van der Waals surface area (Å²) in [4.78, 5) is 21.6. The molecule has 0 atom stereocenters. The molecule has 1 rings (SSSR count). The van der Waals surface area contributed by atoms with Crippen LogP contribution in [0.1, 0.15) is 34.8 Å². The van der Waals surface area contributed by atoms with E-state index in [0.29, 0.717) is 17.5 Å². The summed E-state index contributed by atoms with van der Waals surface area (Å²) in [5.74, 6) is -2.04. The highest BCUT2D eigenvalue weighted by Crippen LogP contribution is 2.24. The number of carboxylic acid groups (broad SMARTS) is 2. The van der Waals surface area contributed by atoms with Crippen LogP contribution in [0.3, 0.4) is 0 Å². The van der Waals surface area contributed by atoms with Crippen LogP contribution in [-0.2, 0) is 17.6 Å². The maximum absolute atomic E-state index is 10.9. The van der Waals surface area contributed by atoms with Gasteiger partial charge in [0.25, 0.3) is 0 Å². The van der Waals surface area contributed by atoms with Gasteiger partial charge in [0.2, 0.25) is 0 Å². The summed E-state index contributed by atoms with van der Waals surface area (Å²) in [5.41, 5.74) is 1.29. The highest BCUT2D eigenvalue weighted by Gasteiger charge is 2.15. The van der Waals surface area contributed by atoms with Crippen molar-refractivity contribution in [2.45, 2.75) is 26.2 Å². The van der Waals surface area contributed by atoms with Crippen molar-refractivity contribution in [2.75, 3.05) is 0 Å². The van der Waals surface area contributed by atoms with Gasteiger partial charge in [0.1, 0.15) is 0 Å². The number of carbonyl (C=O) groups is 2. The third-order valence-corrected chi connectivity index (χ3v) is 2.72. The van der Waals surface area contributed by atoms with Gasteiger partial charge in [-0.3, -0.25) is 4.79 Å². The molecule has 0 bridgehead atoms. The molecule has 0 radical (unpaired) electrons. The molecule has 4 nitrogen and oxygen atoms in total. The van der Waals surface area contributed by atoms with E-state index in [4.69, 9.17) is 21.8 Å². The molecule has 0 heterocycles. The van der Waals surface area contributed by atoms with Crippen LogP contribution in [0.4, 0.5) is 0 Å². The van der Waals surface area contributed by atoms with Crippen molar-refractivity contribution in [1.29, 1.82) is 0 Å². The number of aryl methyl sites for hydroxylation is 1. The maximum Gasteiger partial charge on any atom is 0.335 e. The Labute approximate surface area is 104 Å². The number of benzene rings is 1. The van der Waals surface area contributed by atoms with Crippen molar-refractivity contribution >= 4 is 23.5 Å². The average Bonchev–Trinajstić information content (AvgIpc) is 2.22. The minimum Gasteiger partial charge on any atom is -0.481 e. The summed E-state index contributed by atoms with van der Waals surface area (Å²) in [6.07, 6.45) is 1.23. The number of aliphatic carboxylic acids is 1. The predicted molar refractivity (Wildman–Crippen MR) is 63.7 cm³/mol. The molecule has 0 saturated heterocycles. The molecule has 0 aliphatic carbocycles. The van der Waals surface area contributed by atoms with E-state index >= 15 is 0 Å². The van der Waals surface area contributed by atoms with Gasteiger partial charge in [0.15, 0.2) is 0 Å². The van der Waals surface area contributed by atoms with E-state index in [-0.39, 0.29) is 17.0 Å². The first-order valence-electron chi connectivity index (χ1n) is 5.22. The first kappa shape index (κ1) is 13.5. The first-order valence-corrected chi connectivity index (χ1v) is 5.59. The molecule has 1 aromatic rings. The van der Waals surface area contributed by atoms with Crippen molar-refractivity contribution in [3.8, 4) is 0 Å². The molecule has 0 unspecified atom stereocenters. The van der Waals surface area contributed by atoms with Gasteiger partial charge in [-0.1, -0.05) is 24.9 Å². The lowest BCUT2D eigenvalue weighted by Crippen LogP contribution is -2.07. The van der Waals surface area contributed by atoms with E-state index in [1.54, 1.807) is 0 Å². The number of hydrogen-bond donors (Lipinski definition) is 2. The maximum atomic E-state index is 10.9. The van der Waals surface area contributed by atoms with Gasteiger partial charge in [-0.05, 0) is 29.7 Å². The van der Waals surface area contributed by atoms with Crippen LogP contribution in [-0.4, -0.2) is 22.2 Å². The third kappa shape index (κ3) is 3.46. The molecule has 0 saturated carbocycles. The number of hydrogen-bond acceptors (Lipinski definition) is 2. The summed E-state index contributed by atoms with van der Waals surface area (Å²) in [6, 6.07) is 2.79. The van der Waals surface area contributed by atoms with Crippen molar-refractivity contribution in [3.63, 3.8) is 0 Å². The minimum absolute atomic E-state index is 0.0904. The second-order valence-electron chi connectivity index (χ2n) is 3.72. The molecule has 0 aliphatic heterocycles. The Balaban J connectivity index is 3.27. The van der Waals surface area contributed by atoms with E-state index in [2.05, 4.69) is 0 Å². The monoisotopic (exact) mass is 256 g/mol. The highest BCUT2D eigenvalue weighted by molar-refractivity contribution is 6.32. The van der Waals surface area contributed by atoms with Crippen molar-refractivity contribution in [3.05, 3.63) is 33.8 Å². The number of carboxylic acids is 2. The lowest BCUT2D eigenvalue weighted by molar-refractivity contribution is -0.136. The van der Waals surface area contributed by atoms with Crippen LogP contribution < -0.4 is 0 Å². The Hall–Kier alpha value is -1.55. The van der Waals surface area contributed by atoms with Gasteiger partial charge < -0.3 is 10.2 Å². The minimum atomic E-state index is -1.06. The van der Waals surface area contributed by atoms with Gasteiger partial charge in [-0.2, -0.15) is 0 Å². The van der Waals surface area contributed by atoms with E-state index in [9.17, 15) is 9.59 Å². The number of halogens is 1. The fourth-order valence-corrected chi connectivity index (χ4v) is 1.96. The molecule has 1 aromatic carbocycles. The predicted octanol–water partition coefficient (Wildman–Crippen LogP) is 2.62. The quantitative estimate of drug-likeness (QED) is 0.849. The molecule has 0 fully saturated rings. The van der Waals surface area contributed by atoms with Crippen molar-refractivity contribution in [2.24, 2.45) is 0 Å². The number of rotatable bonds is 5. The Morgan fingerprint density at radius 2 is 1.94 bits per heavy atom. The van der Waals surface area contributed by atoms with Crippen LogP contribution >= 0.6 is 11.6 Å². The lowest BCUT2D eigenvalue weighted by atomic mass is 9.98. The molecule has 92 valence electrons. The molecule has 0 spiro atoms. The summed E-state index contributed by atoms with van der Waals surface area (Å²) in [5, 5.41) is 17.9. The Kier molecular flexibility index (Phi) is 4.52. The summed E-state index contributed by atoms with van der Waals surface area (Å²) in [7, 11) is 0. The van der Waals surface area contributed by atoms with Crippen LogP contribution in [0.2, 0.25) is 5.02 Å². The van der Waals surface area contributed by atoms with Crippen LogP contribution in [0.25, 0.3) is 0 Å². The van der Waals surface area contributed by atoms with Gasteiger partial charge in [0, 0.05) is 5.02 Å². The molecule has 0 amide bonds. The molecular formula is C12H13ClO4. The molecule has 5 heteroatoms. The second-order valence-corrected chi connectivity index (χ2v) is 4.13. The summed E-state index contributed by atoms with van der Waals surface area (Å²) in [6.45, 7) is 1.94. The fraction of sp³-hybridized carbons (Fsp3) is 0.333. The molecule has 0 aliphatic rings. The van der Waals surface area contributed by atoms with Crippen LogP contribution in [0.15, 0.2) is 12.1 Å². The standard InChI is InChI=1S/C12H13ClO4/c1-2-3-7-4-8(12(16)17)5-10(13)9(7)6-11(14)15/h4-5H,2-3,6H2,1H3,(H,14,15)(H,16,17). The summed E-state index contributed by atoms with van der Waals surface area (Å²) < 4.78 is 0. The second kappa shape index (κ2) is 5.68. The lowest BCUT2D eigenvalue weighted by Gasteiger charge is -2.10. The van der Waals surface area contributed by atoms with Crippen molar-refractivity contribution < 1.29 is 19.8 Å². The van der Waals surface area contributed by atoms with Gasteiger partial charge in [-0.25, -0.2) is 4.79 Å². The largest absolute Gasteiger partial charge is 0.481 e. The zero-order valence-electron chi connectivity index (χ0n) is 9.36. The highest BCUT2D eigenvalue weighted by atomic mass is 35.5. The molecule has 2 N–H and O–H groups in total. The van der Waals surface area contributed by atoms with E-state index < -0.39 is 11.9 Å². The molecular weight excluding hydrogens is 244 g/mol. The normalized spacial score (nSPS) is 10.2.